The molecule has 3 rings (SSSR count). The third kappa shape index (κ3) is 3.65. The topological polar surface area (TPSA) is 75.3 Å². The minimum atomic E-state index is -0.290. The number of nitrogens with one attached hydrogen (secondary N) is 2. The van der Waals surface area contributed by atoms with Crippen molar-refractivity contribution in [3.8, 4) is 0 Å². The number of amides is 2. The molecule has 2 aromatic carbocycles. The van der Waals surface area contributed by atoms with Crippen LogP contribution in [0.15, 0.2) is 47.4 Å². The molecule has 6 heteroatoms. The van der Waals surface area contributed by atoms with E-state index >= 15 is 0 Å². The highest BCUT2D eigenvalue weighted by Gasteiger charge is 2.16. The van der Waals surface area contributed by atoms with Crippen LogP contribution in [-0.2, 0) is 4.79 Å². The number of anilines is 2. The number of benzene rings is 2. The van der Waals surface area contributed by atoms with Gasteiger partial charge in [-0.15, -0.1) is 11.8 Å². The van der Waals surface area contributed by atoms with E-state index in [2.05, 4.69) is 10.6 Å². The number of carbonyl (C=O) groups excluding carboxylic acids is 3. The molecule has 0 unspecified atom stereocenters. The molecule has 2 aromatic rings. The van der Waals surface area contributed by atoms with Gasteiger partial charge in [-0.1, -0.05) is 12.1 Å². The molecule has 122 valence electrons. The summed E-state index contributed by atoms with van der Waals surface area (Å²) in [7, 11) is 0. The van der Waals surface area contributed by atoms with Crippen LogP contribution in [-0.4, -0.2) is 23.4 Å². The lowest BCUT2D eigenvalue weighted by Crippen LogP contribution is -2.14. The molecule has 0 atom stereocenters. The molecule has 2 amide bonds. The fourth-order valence-electron chi connectivity index (χ4n) is 2.38. The molecular formula is C18H16N2O3S. The fourth-order valence-corrected chi connectivity index (χ4v) is 3.32. The van der Waals surface area contributed by atoms with Crippen LogP contribution in [0.3, 0.4) is 0 Å². The summed E-state index contributed by atoms with van der Waals surface area (Å²) in [6.45, 7) is 1.48. The average molecular weight is 340 g/mol. The Balaban J connectivity index is 1.82. The van der Waals surface area contributed by atoms with Crippen molar-refractivity contribution in [2.75, 3.05) is 16.4 Å². The van der Waals surface area contributed by atoms with E-state index in [-0.39, 0.29) is 17.6 Å². The number of fused-ring (bicyclic) bond motifs is 1. The second kappa shape index (κ2) is 6.88. The van der Waals surface area contributed by atoms with Crippen molar-refractivity contribution in [3.63, 3.8) is 0 Å². The summed E-state index contributed by atoms with van der Waals surface area (Å²) in [5.74, 6) is 0.327. The number of rotatable bonds is 3. The SMILES string of the molecule is CC(=O)c1cccc(NC(=O)c2ccc3c(c2)NC(=O)CCS3)c1. The van der Waals surface area contributed by atoms with Crippen molar-refractivity contribution < 1.29 is 14.4 Å². The lowest BCUT2D eigenvalue weighted by Gasteiger charge is -2.10. The van der Waals surface area contributed by atoms with E-state index in [1.54, 1.807) is 48.2 Å². The first kappa shape index (κ1) is 16.3. The number of carbonyl (C=O) groups is 3. The lowest BCUT2D eigenvalue weighted by molar-refractivity contribution is -0.115. The highest BCUT2D eigenvalue weighted by Crippen LogP contribution is 2.31. The summed E-state index contributed by atoms with van der Waals surface area (Å²) in [5.41, 5.74) is 2.21. The van der Waals surface area contributed by atoms with Crippen LogP contribution in [0, 0.1) is 0 Å². The molecule has 0 aliphatic carbocycles. The van der Waals surface area contributed by atoms with Gasteiger partial charge in [0.15, 0.2) is 5.78 Å². The minimum absolute atomic E-state index is 0.0482. The Morgan fingerprint density at radius 3 is 2.75 bits per heavy atom. The second-order valence-electron chi connectivity index (χ2n) is 5.45. The predicted octanol–water partition coefficient (Wildman–Crippen LogP) is 3.58. The maximum absolute atomic E-state index is 12.4. The zero-order chi connectivity index (χ0) is 17.1. The molecule has 5 nitrogen and oxygen atoms in total. The Morgan fingerprint density at radius 1 is 1.12 bits per heavy atom. The van der Waals surface area contributed by atoms with Gasteiger partial charge in [-0.2, -0.15) is 0 Å². The molecule has 0 fully saturated rings. The summed E-state index contributed by atoms with van der Waals surface area (Å²) < 4.78 is 0. The molecule has 24 heavy (non-hydrogen) atoms. The zero-order valence-corrected chi connectivity index (χ0v) is 13.9. The van der Waals surface area contributed by atoms with E-state index in [0.29, 0.717) is 28.9 Å². The van der Waals surface area contributed by atoms with Gasteiger partial charge in [0.05, 0.1) is 5.69 Å². The average Bonchev–Trinajstić information content (AvgIpc) is 2.74. The number of Topliss-reactive ketones (excluding diaryl/α,β-unsaturated/α-hetero) is 1. The first-order valence-electron chi connectivity index (χ1n) is 7.52. The summed E-state index contributed by atoms with van der Waals surface area (Å²) in [6, 6.07) is 12.0. The molecule has 0 aromatic heterocycles. The van der Waals surface area contributed by atoms with Crippen molar-refractivity contribution >= 4 is 40.7 Å². The van der Waals surface area contributed by atoms with Gasteiger partial charge in [-0.05, 0) is 37.3 Å². The summed E-state index contributed by atoms with van der Waals surface area (Å²) in [6.07, 6.45) is 0.457. The van der Waals surface area contributed by atoms with Crippen LogP contribution in [0.4, 0.5) is 11.4 Å². The minimum Gasteiger partial charge on any atom is -0.325 e. The van der Waals surface area contributed by atoms with Gasteiger partial charge in [0.1, 0.15) is 0 Å². The van der Waals surface area contributed by atoms with E-state index in [1.807, 2.05) is 6.07 Å². The molecule has 0 saturated heterocycles. The number of hydrogen-bond donors (Lipinski definition) is 2. The van der Waals surface area contributed by atoms with Crippen LogP contribution >= 0.6 is 11.8 Å². The molecular weight excluding hydrogens is 324 g/mol. The van der Waals surface area contributed by atoms with Crippen molar-refractivity contribution in [2.45, 2.75) is 18.2 Å². The van der Waals surface area contributed by atoms with Gasteiger partial charge in [0.25, 0.3) is 5.91 Å². The van der Waals surface area contributed by atoms with Gasteiger partial charge >= 0.3 is 0 Å². The third-order valence-electron chi connectivity index (χ3n) is 3.63. The van der Waals surface area contributed by atoms with Crippen molar-refractivity contribution in [1.29, 1.82) is 0 Å². The first-order valence-corrected chi connectivity index (χ1v) is 8.50. The summed E-state index contributed by atoms with van der Waals surface area (Å²) >= 11 is 1.59. The van der Waals surface area contributed by atoms with Gasteiger partial charge in [0, 0.05) is 33.9 Å². The molecule has 0 radical (unpaired) electrons. The molecule has 1 heterocycles. The van der Waals surface area contributed by atoms with Crippen LogP contribution in [0.25, 0.3) is 0 Å². The second-order valence-corrected chi connectivity index (χ2v) is 6.59. The molecule has 0 saturated carbocycles. The number of hydrogen-bond acceptors (Lipinski definition) is 4. The van der Waals surface area contributed by atoms with Crippen LogP contribution in [0.2, 0.25) is 0 Å². The van der Waals surface area contributed by atoms with Crippen LogP contribution in [0.5, 0.6) is 0 Å². The normalized spacial score (nSPS) is 13.5. The monoisotopic (exact) mass is 340 g/mol. The zero-order valence-electron chi connectivity index (χ0n) is 13.1. The highest BCUT2D eigenvalue weighted by atomic mass is 32.2. The lowest BCUT2D eigenvalue weighted by atomic mass is 10.1. The summed E-state index contributed by atoms with van der Waals surface area (Å²) in [4.78, 5) is 36.5. The van der Waals surface area contributed by atoms with Crippen molar-refractivity contribution in [3.05, 3.63) is 53.6 Å². The van der Waals surface area contributed by atoms with Crippen molar-refractivity contribution in [2.24, 2.45) is 0 Å². The fraction of sp³-hybridized carbons (Fsp3) is 0.167. The predicted molar refractivity (Wildman–Crippen MR) is 94.8 cm³/mol. The Kier molecular flexibility index (Phi) is 4.66. The Labute approximate surface area is 143 Å². The number of ketones is 1. The van der Waals surface area contributed by atoms with Crippen LogP contribution in [0.1, 0.15) is 34.1 Å². The third-order valence-corrected chi connectivity index (χ3v) is 4.70. The molecule has 2 N–H and O–H groups in total. The van der Waals surface area contributed by atoms with E-state index in [9.17, 15) is 14.4 Å². The molecule has 0 spiro atoms. The molecule has 1 aliphatic rings. The van der Waals surface area contributed by atoms with Crippen molar-refractivity contribution in [1.82, 2.24) is 0 Å². The maximum Gasteiger partial charge on any atom is 0.255 e. The first-order chi connectivity index (χ1) is 11.5. The Morgan fingerprint density at radius 2 is 1.96 bits per heavy atom. The smallest absolute Gasteiger partial charge is 0.255 e. The van der Waals surface area contributed by atoms with Gasteiger partial charge in [-0.25, -0.2) is 0 Å². The highest BCUT2D eigenvalue weighted by molar-refractivity contribution is 7.99. The largest absolute Gasteiger partial charge is 0.325 e. The van der Waals surface area contributed by atoms with Crippen LogP contribution < -0.4 is 10.6 Å². The quantitative estimate of drug-likeness (QED) is 0.838. The van der Waals surface area contributed by atoms with Gasteiger partial charge in [0.2, 0.25) is 5.91 Å². The van der Waals surface area contributed by atoms with E-state index in [4.69, 9.17) is 0 Å². The Bertz CT molecular complexity index is 833. The van der Waals surface area contributed by atoms with E-state index in [1.165, 1.54) is 6.92 Å². The number of thioether (sulfide) groups is 1. The standard InChI is InChI=1S/C18H16N2O3S/c1-11(21)12-3-2-4-14(9-12)19-18(23)13-5-6-16-15(10-13)20-17(22)7-8-24-16/h2-6,9-10H,7-8H2,1H3,(H,19,23)(H,20,22). The van der Waals surface area contributed by atoms with Gasteiger partial charge in [-0.3, -0.25) is 14.4 Å². The molecule has 0 bridgehead atoms. The Hall–Kier alpha value is -2.60. The molecule has 1 aliphatic heterocycles. The summed E-state index contributed by atoms with van der Waals surface area (Å²) in [5, 5.41) is 5.60. The van der Waals surface area contributed by atoms with Gasteiger partial charge < -0.3 is 10.6 Å². The maximum atomic E-state index is 12.4. The van der Waals surface area contributed by atoms with E-state index in [0.717, 1.165) is 10.6 Å². The van der Waals surface area contributed by atoms with E-state index < -0.39 is 0 Å².